The molecular formula is C78H66F3N3. The number of aryl methyl sites for hydroxylation is 12. The van der Waals surface area contributed by atoms with E-state index in [1.807, 2.05) is 48.5 Å². The molecule has 0 unspecified atom stereocenters. The fourth-order valence-corrected chi connectivity index (χ4v) is 14.5. The summed E-state index contributed by atoms with van der Waals surface area (Å²) in [5.41, 5.74) is 27.8. The molecule has 0 radical (unpaired) electrons. The summed E-state index contributed by atoms with van der Waals surface area (Å²) in [6.45, 7) is 25.6. The van der Waals surface area contributed by atoms with Crippen molar-refractivity contribution < 1.29 is 13.2 Å². The summed E-state index contributed by atoms with van der Waals surface area (Å²) in [6.07, 6.45) is -4.77. The third-order valence-electron chi connectivity index (χ3n) is 17.4. The lowest BCUT2D eigenvalue weighted by Crippen LogP contribution is -2.11. The minimum absolute atomic E-state index is 0.360. The number of aromatic nitrogens is 3. The first kappa shape index (κ1) is 54.0. The molecule has 3 heterocycles. The molecule has 0 bridgehead atoms. The van der Waals surface area contributed by atoms with Crippen LogP contribution < -0.4 is 0 Å². The minimum Gasteiger partial charge on any atom is -0.308 e. The Hall–Kier alpha value is -9.26. The van der Waals surface area contributed by atoms with Gasteiger partial charge in [0.15, 0.2) is 0 Å². The second-order valence-electron chi connectivity index (χ2n) is 23.9. The van der Waals surface area contributed by atoms with E-state index in [4.69, 9.17) is 4.98 Å². The van der Waals surface area contributed by atoms with Crippen LogP contribution in [0.3, 0.4) is 0 Å². The average Bonchev–Trinajstić information content (AvgIpc) is 1.83. The fourth-order valence-electron chi connectivity index (χ4n) is 14.5. The maximum atomic E-state index is 16.7. The number of fused-ring (bicyclic) bond motifs is 6. The van der Waals surface area contributed by atoms with Crippen LogP contribution in [0.1, 0.15) is 72.3 Å². The Labute approximate surface area is 490 Å². The smallest absolute Gasteiger partial charge is 0.308 e. The number of hydrogen-bond acceptors (Lipinski definition) is 1. The molecule has 13 rings (SSSR count). The van der Waals surface area contributed by atoms with Crippen molar-refractivity contribution in [2.45, 2.75) is 89.3 Å². The van der Waals surface area contributed by atoms with Crippen molar-refractivity contribution >= 4 is 43.6 Å². The first-order chi connectivity index (χ1) is 40.2. The van der Waals surface area contributed by atoms with Crippen LogP contribution in [0, 0.1) is 83.1 Å². The van der Waals surface area contributed by atoms with Crippen LogP contribution in [0.25, 0.3) is 122 Å². The highest BCUT2D eigenvalue weighted by Crippen LogP contribution is 2.48. The van der Waals surface area contributed by atoms with Crippen LogP contribution in [0.4, 0.5) is 13.2 Å². The van der Waals surface area contributed by atoms with E-state index in [0.717, 1.165) is 138 Å². The van der Waals surface area contributed by atoms with Crippen LogP contribution >= 0.6 is 0 Å². The summed E-state index contributed by atoms with van der Waals surface area (Å²) in [4.78, 5) is 5.54. The number of rotatable bonds is 8. The van der Waals surface area contributed by atoms with Crippen molar-refractivity contribution in [2.24, 2.45) is 0 Å². The number of pyridine rings is 1. The van der Waals surface area contributed by atoms with E-state index in [2.05, 4.69) is 214 Å². The number of benzene rings is 10. The molecule has 0 spiro atoms. The van der Waals surface area contributed by atoms with Gasteiger partial charge < -0.3 is 9.13 Å². The maximum Gasteiger partial charge on any atom is 0.416 e. The molecule has 0 amide bonds. The average molecular weight is 1100 g/mol. The topological polar surface area (TPSA) is 22.8 Å². The molecule has 3 aromatic heterocycles. The van der Waals surface area contributed by atoms with Gasteiger partial charge in [0.2, 0.25) is 0 Å². The molecule has 6 heteroatoms. The lowest BCUT2D eigenvalue weighted by atomic mass is 9.92. The summed E-state index contributed by atoms with van der Waals surface area (Å²) in [6, 6.07) is 62.4. The predicted molar refractivity (Wildman–Crippen MR) is 347 cm³/mol. The van der Waals surface area contributed by atoms with Gasteiger partial charge in [0.05, 0.1) is 50.4 Å². The summed E-state index contributed by atoms with van der Waals surface area (Å²) < 4.78 is 54.3. The van der Waals surface area contributed by atoms with Crippen LogP contribution in [-0.4, -0.2) is 14.1 Å². The van der Waals surface area contributed by atoms with Gasteiger partial charge in [-0.1, -0.05) is 156 Å². The van der Waals surface area contributed by atoms with E-state index in [1.165, 1.54) is 34.4 Å². The van der Waals surface area contributed by atoms with Crippen molar-refractivity contribution in [1.82, 2.24) is 14.1 Å². The quantitative estimate of drug-likeness (QED) is 0.149. The van der Waals surface area contributed by atoms with Crippen molar-refractivity contribution in [1.29, 1.82) is 0 Å². The highest BCUT2D eigenvalue weighted by Gasteiger charge is 2.35. The van der Waals surface area contributed by atoms with Gasteiger partial charge in [0.1, 0.15) is 0 Å². The van der Waals surface area contributed by atoms with Crippen molar-refractivity contribution in [3.8, 4) is 78.4 Å². The Kier molecular flexibility index (Phi) is 13.0. The third-order valence-corrected chi connectivity index (χ3v) is 17.4. The summed E-state index contributed by atoms with van der Waals surface area (Å²) in [5.74, 6) is 0. The van der Waals surface area contributed by atoms with E-state index in [-0.39, 0.29) is 0 Å². The molecule has 0 aliphatic rings. The Morgan fingerprint density at radius 2 is 0.583 bits per heavy atom. The molecule has 0 aliphatic heterocycles. The van der Waals surface area contributed by atoms with Crippen LogP contribution in [0.5, 0.6) is 0 Å². The second-order valence-corrected chi connectivity index (χ2v) is 23.9. The van der Waals surface area contributed by atoms with Crippen molar-refractivity contribution in [3.05, 3.63) is 254 Å². The van der Waals surface area contributed by atoms with Gasteiger partial charge in [-0.15, -0.1) is 0 Å². The first-order valence-corrected chi connectivity index (χ1v) is 29.0. The highest BCUT2D eigenvalue weighted by molar-refractivity contribution is 6.14. The highest BCUT2D eigenvalue weighted by atomic mass is 19.4. The van der Waals surface area contributed by atoms with E-state index in [9.17, 15) is 0 Å². The predicted octanol–water partition coefficient (Wildman–Crippen LogP) is 22.0. The fraction of sp³-hybridized carbons (Fsp3) is 0.167. The molecule has 0 N–H and O–H groups in total. The van der Waals surface area contributed by atoms with E-state index in [1.54, 1.807) is 0 Å². The summed E-state index contributed by atoms with van der Waals surface area (Å²) >= 11 is 0. The summed E-state index contributed by atoms with van der Waals surface area (Å²) in [7, 11) is 0. The molecule has 10 aromatic carbocycles. The van der Waals surface area contributed by atoms with E-state index >= 15 is 13.2 Å². The molecule has 0 saturated heterocycles. The van der Waals surface area contributed by atoms with Crippen LogP contribution in [-0.2, 0) is 6.18 Å². The lowest BCUT2D eigenvalue weighted by Gasteiger charge is -2.23. The first-order valence-electron chi connectivity index (χ1n) is 29.0. The lowest BCUT2D eigenvalue weighted by molar-refractivity contribution is -0.137. The second kappa shape index (κ2) is 20.3. The van der Waals surface area contributed by atoms with Gasteiger partial charge in [-0.05, 0) is 221 Å². The molecule has 3 nitrogen and oxygen atoms in total. The zero-order chi connectivity index (χ0) is 58.8. The normalized spacial score (nSPS) is 12.0. The number of hydrogen-bond donors (Lipinski definition) is 0. The Morgan fingerprint density at radius 3 is 0.881 bits per heavy atom. The monoisotopic (exact) mass is 1100 g/mol. The number of nitrogens with zero attached hydrogens (tertiary/aromatic N) is 3. The van der Waals surface area contributed by atoms with Gasteiger partial charge in [-0.2, -0.15) is 13.2 Å². The van der Waals surface area contributed by atoms with E-state index < -0.39 is 11.7 Å². The van der Waals surface area contributed by atoms with Crippen molar-refractivity contribution in [2.75, 3.05) is 0 Å². The Balaban J connectivity index is 1.25. The van der Waals surface area contributed by atoms with Crippen LogP contribution in [0.15, 0.2) is 182 Å². The molecule has 0 atom stereocenters. The molecule has 0 aliphatic carbocycles. The minimum atomic E-state index is -4.77. The number of halogens is 3. The van der Waals surface area contributed by atoms with E-state index in [0.29, 0.717) is 28.3 Å². The molecule has 0 fully saturated rings. The van der Waals surface area contributed by atoms with Gasteiger partial charge in [0.25, 0.3) is 0 Å². The third kappa shape index (κ3) is 9.11. The largest absolute Gasteiger partial charge is 0.416 e. The molecule has 0 saturated carbocycles. The van der Waals surface area contributed by atoms with Gasteiger partial charge in [0, 0.05) is 32.7 Å². The standard InChI is InChI=1S/C78H66F3N3/c1-43-29-47(5)73(48(6)30-43)56-21-25-61-62-26-22-57(74-49(7)31-44(2)32-50(74)8)38-68(62)83(67(61)37-56)71-41-60(78(79,80)81)42-72(77(71)66-20-16-19-65(82-66)55-17-14-13-15-18-55)84-69-39-58(75-51(9)33-45(3)34-52(75)10)23-27-63(69)64-28-24-59(40-70(64)84)76-53(11)35-46(4)36-54(76)12/h13-42H,1-12H3. The SMILES string of the molecule is Cc1cc(C)c(-c2ccc3c4ccc(-c5c(C)cc(C)cc5C)cc4n(-c4cc(C(F)(F)F)cc(-n5c6cc(-c7c(C)cc(C)cc7C)ccc6c6ccc(-c7c(C)cc(C)cc7C)cc65)c4-c4cccc(-c5ccccc5)n4)c3c2)c(C)c1. The molecule has 414 valence electrons. The Bertz CT molecular complexity index is 4310. The summed E-state index contributed by atoms with van der Waals surface area (Å²) in [5, 5.41) is 3.70. The number of alkyl halides is 3. The molecule has 84 heavy (non-hydrogen) atoms. The zero-order valence-corrected chi connectivity index (χ0v) is 49.8. The molecular weight excluding hydrogens is 1040 g/mol. The van der Waals surface area contributed by atoms with Crippen molar-refractivity contribution in [3.63, 3.8) is 0 Å². The van der Waals surface area contributed by atoms with Crippen LogP contribution in [0.2, 0.25) is 0 Å². The van der Waals surface area contributed by atoms with Gasteiger partial charge in [-0.25, -0.2) is 4.98 Å². The van der Waals surface area contributed by atoms with Gasteiger partial charge in [-0.3, -0.25) is 0 Å². The van der Waals surface area contributed by atoms with Gasteiger partial charge >= 0.3 is 6.18 Å². The maximum absolute atomic E-state index is 16.7. The zero-order valence-electron chi connectivity index (χ0n) is 49.8. The Morgan fingerprint density at radius 1 is 0.286 bits per heavy atom. The molecule has 13 aromatic rings.